The molecule has 1 aliphatic rings. The van der Waals surface area contributed by atoms with E-state index in [1.807, 2.05) is 31.2 Å². The van der Waals surface area contributed by atoms with Crippen LogP contribution in [0.1, 0.15) is 20.1 Å². The van der Waals surface area contributed by atoms with E-state index in [0.717, 1.165) is 21.1 Å². The van der Waals surface area contributed by atoms with E-state index in [1.165, 1.54) is 18.4 Å². The lowest BCUT2D eigenvalue weighted by Crippen LogP contribution is -2.31. The van der Waals surface area contributed by atoms with Gasteiger partial charge in [0.15, 0.2) is 0 Å². The van der Waals surface area contributed by atoms with Gasteiger partial charge in [0.25, 0.3) is 5.91 Å². The maximum Gasteiger partial charge on any atom is 0.264 e. The molecule has 2 heterocycles. The molecule has 1 aromatic heterocycles. The molecular weight excluding hydrogens is 340 g/mol. The lowest BCUT2D eigenvalue weighted by atomic mass is 10.1. The molecule has 7 heteroatoms. The summed E-state index contributed by atoms with van der Waals surface area (Å²) in [4.78, 5) is 28.0. The van der Waals surface area contributed by atoms with Crippen LogP contribution in [0.25, 0.3) is 0 Å². The van der Waals surface area contributed by atoms with Crippen LogP contribution in [0.15, 0.2) is 30.3 Å². The Hall–Kier alpha value is -2.38. The fourth-order valence-corrected chi connectivity index (χ4v) is 3.51. The number of hydrogen-bond donors (Lipinski definition) is 1. The number of aryl methyl sites for hydroxylation is 1. The van der Waals surface area contributed by atoms with E-state index in [-0.39, 0.29) is 18.4 Å². The number of carbonyl (C=O) groups excluding carboxylic acids is 2. The smallest absolute Gasteiger partial charge is 0.264 e. The normalized spacial score (nSPS) is 13.6. The Morgan fingerprint density at radius 3 is 2.88 bits per heavy atom. The number of hydrogen-bond acceptors (Lipinski definition) is 5. The first-order valence-electron chi connectivity index (χ1n) is 7.97. The third kappa shape index (κ3) is 4.18. The van der Waals surface area contributed by atoms with Gasteiger partial charge in [-0.3, -0.25) is 9.59 Å². The highest BCUT2D eigenvalue weighted by Crippen LogP contribution is 2.28. The number of methoxy groups -OCH3 is 1. The molecule has 0 radical (unpaired) electrons. The van der Waals surface area contributed by atoms with Gasteiger partial charge in [-0.05, 0) is 37.3 Å². The van der Waals surface area contributed by atoms with Crippen molar-refractivity contribution >= 4 is 28.8 Å². The maximum atomic E-state index is 12.7. The van der Waals surface area contributed by atoms with Gasteiger partial charge in [0.2, 0.25) is 5.91 Å². The Morgan fingerprint density at radius 1 is 1.32 bits per heavy atom. The molecule has 1 aliphatic heterocycles. The average Bonchev–Trinajstić information content (AvgIpc) is 2.90. The van der Waals surface area contributed by atoms with Crippen molar-refractivity contribution in [3.8, 4) is 5.75 Å². The average molecular weight is 360 g/mol. The molecule has 0 aliphatic carbocycles. The molecule has 0 unspecified atom stereocenters. The molecular formula is C18H20N2O4S. The summed E-state index contributed by atoms with van der Waals surface area (Å²) >= 11 is 1.49. The van der Waals surface area contributed by atoms with E-state index in [1.54, 1.807) is 11.0 Å². The van der Waals surface area contributed by atoms with Crippen LogP contribution in [0.2, 0.25) is 0 Å². The minimum Gasteiger partial charge on any atom is -0.491 e. The number of amides is 2. The van der Waals surface area contributed by atoms with Gasteiger partial charge in [-0.1, -0.05) is 0 Å². The van der Waals surface area contributed by atoms with Crippen LogP contribution in [-0.4, -0.2) is 43.6 Å². The lowest BCUT2D eigenvalue weighted by Gasteiger charge is -2.19. The van der Waals surface area contributed by atoms with Gasteiger partial charge in [-0.25, -0.2) is 0 Å². The van der Waals surface area contributed by atoms with Crippen molar-refractivity contribution in [2.24, 2.45) is 0 Å². The number of nitrogens with one attached hydrogen (secondary N) is 1. The fourth-order valence-electron chi connectivity index (χ4n) is 2.68. The van der Waals surface area contributed by atoms with Crippen molar-refractivity contribution in [2.45, 2.75) is 13.5 Å². The minimum atomic E-state index is -0.223. The van der Waals surface area contributed by atoms with Crippen molar-refractivity contribution in [1.29, 1.82) is 0 Å². The molecule has 2 amide bonds. The Morgan fingerprint density at radius 2 is 2.16 bits per heavy atom. The molecule has 0 fully saturated rings. The molecule has 0 atom stereocenters. The monoisotopic (exact) mass is 360 g/mol. The van der Waals surface area contributed by atoms with Crippen LogP contribution < -0.4 is 10.1 Å². The topological polar surface area (TPSA) is 67.9 Å². The first kappa shape index (κ1) is 17.4. The zero-order chi connectivity index (χ0) is 17.8. The van der Waals surface area contributed by atoms with Gasteiger partial charge in [0.05, 0.1) is 11.4 Å². The Labute approximate surface area is 150 Å². The van der Waals surface area contributed by atoms with Crippen LogP contribution in [0.5, 0.6) is 5.75 Å². The van der Waals surface area contributed by atoms with Crippen molar-refractivity contribution in [2.75, 3.05) is 32.2 Å². The number of fused-ring (bicyclic) bond motifs is 1. The van der Waals surface area contributed by atoms with Crippen LogP contribution in [0, 0.1) is 6.92 Å². The molecule has 0 saturated carbocycles. The molecule has 3 rings (SSSR count). The molecule has 6 nitrogen and oxygen atoms in total. The summed E-state index contributed by atoms with van der Waals surface area (Å²) in [5.41, 5.74) is 1.53. The summed E-state index contributed by atoms with van der Waals surface area (Å²) in [6, 6.07) is 9.25. The van der Waals surface area contributed by atoms with Crippen molar-refractivity contribution in [3.05, 3.63) is 45.6 Å². The summed E-state index contributed by atoms with van der Waals surface area (Å²) in [5, 5.41) is 2.77. The summed E-state index contributed by atoms with van der Waals surface area (Å²) in [6.07, 6.45) is 0. The zero-order valence-electron chi connectivity index (χ0n) is 14.2. The molecule has 0 saturated heterocycles. The standard InChI is InChI=1S/C18H20N2O4S/c1-12-3-6-16(25-12)18(22)20-7-8-24-15-5-4-14(9-13(15)10-20)19-17(21)11-23-2/h3-6,9H,7-8,10-11H2,1-2H3,(H,19,21). The second kappa shape index (κ2) is 7.67. The van der Waals surface area contributed by atoms with Gasteiger partial charge in [0.1, 0.15) is 19.0 Å². The van der Waals surface area contributed by atoms with Crippen LogP contribution in [0.3, 0.4) is 0 Å². The largest absolute Gasteiger partial charge is 0.491 e. The first-order chi connectivity index (χ1) is 12.1. The van der Waals surface area contributed by atoms with E-state index in [0.29, 0.717) is 25.4 Å². The Kier molecular flexibility index (Phi) is 5.35. The molecule has 0 spiro atoms. The number of benzene rings is 1. The second-order valence-corrected chi connectivity index (χ2v) is 7.08. The summed E-state index contributed by atoms with van der Waals surface area (Å²) in [5.74, 6) is 0.518. The van der Waals surface area contributed by atoms with E-state index >= 15 is 0 Å². The van der Waals surface area contributed by atoms with Crippen LogP contribution in [-0.2, 0) is 16.1 Å². The fraction of sp³-hybridized carbons (Fsp3) is 0.333. The lowest BCUT2D eigenvalue weighted by molar-refractivity contribution is -0.119. The number of anilines is 1. The molecule has 0 bridgehead atoms. The third-order valence-corrected chi connectivity index (χ3v) is 4.83. The van der Waals surface area contributed by atoms with Gasteiger partial charge < -0.3 is 19.7 Å². The van der Waals surface area contributed by atoms with Gasteiger partial charge in [-0.15, -0.1) is 11.3 Å². The SMILES string of the molecule is COCC(=O)Nc1ccc2c(c1)CN(C(=O)c1ccc(C)s1)CCO2. The highest BCUT2D eigenvalue weighted by Gasteiger charge is 2.22. The quantitative estimate of drug-likeness (QED) is 0.910. The number of rotatable bonds is 4. The summed E-state index contributed by atoms with van der Waals surface area (Å²) < 4.78 is 10.6. The van der Waals surface area contributed by atoms with Gasteiger partial charge in [0, 0.05) is 29.8 Å². The number of carbonyl (C=O) groups is 2. The van der Waals surface area contributed by atoms with Crippen LogP contribution >= 0.6 is 11.3 Å². The predicted octanol–water partition coefficient (Wildman–Crippen LogP) is 2.68. The van der Waals surface area contributed by atoms with E-state index < -0.39 is 0 Å². The van der Waals surface area contributed by atoms with Gasteiger partial charge in [-0.2, -0.15) is 0 Å². The van der Waals surface area contributed by atoms with Gasteiger partial charge >= 0.3 is 0 Å². The number of nitrogens with zero attached hydrogens (tertiary/aromatic N) is 1. The van der Waals surface area contributed by atoms with Crippen molar-refractivity contribution in [3.63, 3.8) is 0 Å². The van der Waals surface area contributed by atoms with Crippen molar-refractivity contribution in [1.82, 2.24) is 4.90 Å². The molecule has 25 heavy (non-hydrogen) atoms. The second-order valence-electron chi connectivity index (χ2n) is 5.79. The highest BCUT2D eigenvalue weighted by atomic mass is 32.1. The first-order valence-corrected chi connectivity index (χ1v) is 8.78. The molecule has 132 valence electrons. The summed E-state index contributed by atoms with van der Waals surface area (Å²) in [7, 11) is 1.47. The van der Waals surface area contributed by atoms with E-state index in [2.05, 4.69) is 5.32 Å². The Balaban J connectivity index is 1.78. The molecule has 1 N–H and O–H groups in total. The minimum absolute atomic E-state index is 0.00312. The highest BCUT2D eigenvalue weighted by molar-refractivity contribution is 7.13. The van der Waals surface area contributed by atoms with Crippen LogP contribution in [0.4, 0.5) is 5.69 Å². The number of thiophene rings is 1. The van der Waals surface area contributed by atoms with E-state index in [4.69, 9.17) is 9.47 Å². The van der Waals surface area contributed by atoms with E-state index in [9.17, 15) is 9.59 Å². The summed E-state index contributed by atoms with van der Waals surface area (Å²) in [6.45, 7) is 3.39. The molecule has 2 aromatic rings. The maximum absolute atomic E-state index is 12.7. The zero-order valence-corrected chi connectivity index (χ0v) is 15.0. The van der Waals surface area contributed by atoms with Crippen molar-refractivity contribution < 1.29 is 19.1 Å². The molecule has 1 aromatic carbocycles. The Bertz CT molecular complexity index is 787. The third-order valence-electron chi connectivity index (χ3n) is 3.84. The number of ether oxygens (including phenoxy) is 2. The predicted molar refractivity (Wildman–Crippen MR) is 96.2 cm³/mol.